The molecule has 1 saturated heterocycles. The highest BCUT2D eigenvalue weighted by atomic mass is 16.4. The first-order chi connectivity index (χ1) is 18.8. The molecule has 10 heteroatoms. The summed E-state index contributed by atoms with van der Waals surface area (Å²) >= 11 is 0. The zero-order valence-electron chi connectivity index (χ0n) is 22.6. The van der Waals surface area contributed by atoms with E-state index in [1.165, 1.54) is 16.0 Å². The molecule has 1 fully saturated rings. The van der Waals surface area contributed by atoms with Crippen molar-refractivity contribution in [1.29, 1.82) is 0 Å². The molecule has 202 valence electrons. The van der Waals surface area contributed by atoms with Gasteiger partial charge in [0.25, 0.3) is 0 Å². The van der Waals surface area contributed by atoms with E-state index in [-0.39, 0.29) is 0 Å². The lowest BCUT2D eigenvalue weighted by Gasteiger charge is -2.32. The molecule has 2 aromatic carbocycles. The molecule has 0 aliphatic carbocycles. The fourth-order valence-electron chi connectivity index (χ4n) is 5.79. The zero-order chi connectivity index (χ0) is 27.1. The van der Waals surface area contributed by atoms with Gasteiger partial charge in [-0.25, -0.2) is 14.5 Å². The topological polar surface area (TPSA) is 111 Å². The van der Waals surface area contributed by atoms with Crippen LogP contribution in [-0.4, -0.2) is 60.4 Å². The van der Waals surface area contributed by atoms with Crippen LogP contribution in [0.3, 0.4) is 0 Å². The minimum Gasteiger partial charge on any atom is -0.465 e. The quantitative estimate of drug-likeness (QED) is 0.315. The number of rotatable bonds is 6. The van der Waals surface area contributed by atoms with Crippen molar-refractivity contribution in [2.75, 3.05) is 30.3 Å². The first-order valence-electron chi connectivity index (χ1n) is 13.5. The fraction of sp³-hybridized carbons (Fsp3) is 0.379. The summed E-state index contributed by atoms with van der Waals surface area (Å²) in [6, 6.07) is 12.7. The third kappa shape index (κ3) is 5.12. The van der Waals surface area contributed by atoms with Crippen molar-refractivity contribution in [3.05, 3.63) is 64.8 Å². The molecule has 39 heavy (non-hydrogen) atoms. The molecule has 0 bridgehead atoms. The number of nitrogens with zero attached hydrogens (tertiary/aromatic N) is 6. The maximum Gasteiger partial charge on any atom is 0.407 e. The van der Waals surface area contributed by atoms with Gasteiger partial charge in [-0.3, -0.25) is 4.90 Å². The zero-order valence-corrected chi connectivity index (χ0v) is 22.6. The molecule has 10 nitrogen and oxygen atoms in total. The molecule has 0 radical (unpaired) electrons. The van der Waals surface area contributed by atoms with Crippen LogP contribution in [0, 0.1) is 19.8 Å². The second-order valence-corrected chi connectivity index (χ2v) is 10.8. The number of carbonyl (C=O) groups is 1. The van der Waals surface area contributed by atoms with Crippen molar-refractivity contribution in [3.63, 3.8) is 0 Å². The summed E-state index contributed by atoms with van der Waals surface area (Å²) in [4.78, 5) is 24.5. The van der Waals surface area contributed by atoms with Gasteiger partial charge >= 0.3 is 6.09 Å². The van der Waals surface area contributed by atoms with Crippen LogP contribution in [0.4, 0.5) is 27.9 Å². The third-order valence-electron chi connectivity index (χ3n) is 7.96. The van der Waals surface area contributed by atoms with E-state index in [0.717, 1.165) is 71.8 Å². The first-order valence-corrected chi connectivity index (χ1v) is 13.5. The number of nitrogens with one attached hydrogen (secondary N) is 2. The van der Waals surface area contributed by atoms with Crippen LogP contribution in [0.2, 0.25) is 0 Å². The van der Waals surface area contributed by atoms with Crippen LogP contribution in [-0.2, 0) is 20.1 Å². The Morgan fingerprint density at radius 3 is 2.54 bits per heavy atom. The molecule has 3 N–H and O–H groups in total. The SMILES string of the molecule is Cc1cccc(C)c1Nc1nn(C)c2nc(Nc3ccc4c(c3)CN(CC3CCN(C(=O)O)CC3)C4)ncc12. The van der Waals surface area contributed by atoms with Crippen molar-refractivity contribution < 1.29 is 9.90 Å². The summed E-state index contributed by atoms with van der Waals surface area (Å²) < 4.78 is 1.78. The highest BCUT2D eigenvalue weighted by molar-refractivity contribution is 5.90. The van der Waals surface area contributed by atoms with E-state index in [0.29, 0.717) is 25.0 Å². The second kappa shape index (κ2) is 10.2. The predicted molar refractivity (Wildman–Crippen MR) is 152 cm³/mol. The van der Waals surface area contributed by atoms with Crippen molar-refractivity contribution in [1.82, 2.24) is 29.5 Å². The van der Waals surface area contributed by atoms with E-state index in [1.54, 1.807) is 4.68 Å². The van der Waals surface area contributed by atoms with E-state index in [9.17, 15) is 9.90 Å². The van der Waals surface area contributed by atoms with Gasteiger partial charge in [-0.15, -0.1) is 0 Å². The molecule has 0 saturated carbocycles. The molecule has 1 amide bonds. The third-order valence-corrected chi connectivity index (χ3v) is 7.96. The maximum absolute atomic E-state index is 11.2. The lowest BCUT2D eigenvalue weighted by Crippen LogP contribution is -2.40. The average molecular weight is 527 g/mol. The van der Waals surface area contributed by atoms with Gasteiger partial charge in [-0.2, -0.15) is 10.1 Å². The van der Waals surface area contributed by atoms with Crippen LogP contribution in [0.5, 0.6) is 0 Å². The number of likely N-dealkylation sites (tertiary alicyclic amines) is 1. The number of hydrogen-bond donors (Lipinski definition) is 3. The molecule has 0 unspecified atom stereocenters. The Morgan fingerprint density at radius 1 is 1.05 bits per heavy atom. The van der Waals surface area contributed by atoms with E-state index >= 15 is 0 Å². The van der Waals surface area contributed by atoms with Gasteiger partial charge in [0.15, 0.2) is 11.5 Å². The van der Waals surface area contributed by atoms with Gasteiger partial charge in [0, 0.05) is 57.3 Å². The number of amides is 1. The van der Waals surface area contributed by atoms with E-state index < -0.39 is 6.09 Å². The van der Waals surface area contributed by atoms with Crippen LogP contribution < -0.4 is 10.6 Å². The molecule has 0 spiro atoms. The number of hydrogen-bond acceptors (Lipinski definition) is 7. The molecule has 0 atom stereocenters. The van der Waals surface area contributed by atoms with E-state index in [1.807, 2.05) is 13.2 Å². The lowest BCUT2D eigenvalue weighted by molar-refractivity contribution is 0.113. The number of para-hydroxylation sites is 1. The Hall–Kier alpha value is -4.18. The second-order valence-electron chi connectivity index (χ2n) is 10.8. The van der Waals surface area contributed by atoms with Gasteiger partial charge in [0.1, 0.15) is 0 Å². The Labute approximate surface area is 227 Å². The van der Waals surface area contributed by atoms with E-state index in [2.05, 4.69) is 75.9 Å². The largest absolute Gasteiger partial charge is 0.465 e. The highest BCUT2D eigenvalue weighted by Gasteiger charge is 2.27. The predicted octanol–water partition coefficient (Wildman–Crippen LogP) is 5.17. The minimum atomic E-state index is -0.803. The summed E-state index contributed by atoms with van der Waals surface area (Å²) in [6.45, 7) is 8.28. The Balaban J connectivity index is 1.13. The molecule has 4 heterocycles. The summed E-state index contributed by atoms with van der Waals surface area (Å²) in [5.74, 6) is 1.81. The first kappa shape index (κ1) is 25.1. The van der Waals surface area contributed by atoms with Gasteiger partial charge in [0.2, 0.25) is 5.95 Å². The number of benzene rings is 2. The Bertz CT molecular complexity index is 1520. The number of carboxylic acid groups (broad SMARTS) is 1. The maximum atomic E-state index is 11.2. The number of aryl methyl sites for hydroxylation is 3. The molecule has 2 aromatic heterocycles. The fourth-order valence-corrected chi connectivity index (χ4v) is 5.79. The smallest absolute Gasteiger partial charge is 0.407 e. The molecule has 2 aliphatic rings. The van der Waals surface area contributed by atoms with Gasteiger partial charge < -0.3 is 20.6 Å². The monoisotopic (exact) mass is 526 g/mol. The molecule has 4 aromatic rings. The average Bonchev–Trinajstić information content (AvgIpc) is 3.45. The summed E-state index contributed by atoms with van der Waals surface area (Å²) in [5.41, 5.74) is 7.73. The highest BCUT2D eigenvalue weighted by Crippen LogP contribution is 2.31. The van der Waals surface area contributed by atoms with Crippen LogP contribution in [0.1, 0.15) is 35.1 Å². The van der Waals surface area contributed by atoms with Crippen LogP contribution in [0.15, 0.2) is 42.6 Å². The van der Waals surface area contributed by atoms with E-state index in [4.69, 9.17) is 4.98 Å². The van der Waals surface area contributed by atoms with Gasteiger partial charge in [-0.1, -0.05) is 24.3 Å². The van der Waals surface area contributed by atoms with Crippen molar-refractivity contribution in [2.24, 2.45) is 13.0 Å². The lowest BCUT2D eigenvalue weighted by atomic mass is 9.96. The normalized spacial score (nSPS) is 16.0. The summed E-state index contributed by atoms with van der Waals surface area (Å²) in [7, 11) is 1.89. The van der Waals surface area contributed by atoms with Gasteiger partial charge in [0.05, 0.1) is 5.39 Å². The molecular formula is C29H34N8O2. The molecule has 2 aliphatic heterocycles. The molecular weight excluding hydrogens is 492 g/mol. The van der Waals surface area contributed by atoms with Crippen molar-refractivity contribution >= 4 is 40.3 Å². The summed E-state index contributed by atoms with van der Waals surface area (Å²) in [6.07, 6.45) is 2.88. The Kier molecular flexibility index (Phi) is 6.56. The van der Waals surface area contributed by atoms with Crippen LogP contribution in [0.25, 0.3) is 11.0 Å². The Morgan fingerprint density at radius 2 is 1.79 bits per heavy atom. The van der Waals surface area contributed by atoms with Crippen molar-refractivity contribution in [2.45, 2.75) is 39.8 Å². The summed E-state index contributed by atoms with van der Waals surface area (Å²) in [5, 5.41) is 21.6. The van der Waals surface area contributed by atoms with Crippen molar-refractivity contribution in [3.8, 4) is 0 Å². The minimum absolute atomic E-state index is 0.532. The standard InChI is InChI=1S/C29H34N8O2/c1-18-5-4-6-19(2)25(18)32-26-24-14-30-28(33-27(24)35(3)34-26)31-23-8-7-21-16-36(17-22(21)13-23)15-20-9-11-37(12-10-20)29(38)39/h4-8,13-14,20H,9-12,15-17H2,1-3H3,(H,32,34)(H,38,39)(H,30,31,33). The number of anilines is 4. The van der Waals surface area contributed by atoms with Gasteiger partial charge in [-0.05, 0) is 67.0 Å². The number of aromatic nitrogens is 4. The number of fused-ring (bicyclic) bond motifs is 2. The van der Waals surface area contributed by atoms with Crippen LogP contribution >= 0.6 is 0 Å². The number of piperidine rings is 1. The molecule has 6 rings (SSSR count).